The van der Waals surface area contributed by atoms with Crippen molar-refractivity contribution in [2.24, 2.45) is 0 Å². The highest BCUT2D eigenvalue weighted by Crippen LogP contribution is 2.28. The van der Waals surface area contributed by atoms with Crippen molar-refractivity contribution in [3.05, 3.63) is 18.2 Å². The normalized spacial score (nSPS) is 16.0. The number of tetrazole rings is 1. The molecule has 4 rings (SSSR count). The monoisotopic (exact) mass is 339 g/mol. The van der Waals surface area contributed by atoms with Crippen LogP contribution >= 0.6 is 0 Å². The minimum Gasteiger partial charge on any atom is -0.406 e. The van der Waals surface area contributed by atoms with E-state index in [9.17, 15) is 13.2 Å². The summed E-state index contributed by atoms with van der Waals surface area (Å²) in [6, 6.07) is 3.91. The van der Waals surface area contributed by atoms with Gasteiger partial charge in [-0.3, -0.25) is 0 Å². The molecule has 11 heteroatoms. The van der Waals surface area contributed by atoms with Crippen LogP contribution in [-0.2, 0) is 0 Å². The molecule has 126 valence electrons. The van der Waals surface area contributed by atoms with Crippen molar-refractivity contribution >= 4 is 22.5 Å². The molecule has 3 aromatic rings. The molecule has 0 saturated carbocycles. The fourth-order valence-corrected chi connectivity index (χ4v) is 2.71. The van der Waals surface area contributed by atoms with Crippen LogP contribution in [0.2, 0.25) is 0 Å². The maximum Gasteiger partial charge on any atom is 0.573 e. The quantitative estimate of drug-likeness (QED) is 0.745. The third-order valence-corrected chi connectivity index (χ3v) is 3.72. The Hall–Kier alpha value is -2.69. The van der Waals surface area contributed by atoms with Crippen molar-refractivity contribution in [1.82, 2.24) is 30.3 Å². The largest absolute Gasteiger partial charge is 0.573 e. The molecule has 0 atom stereocenters. The molecular formula is C13H12F3N7O. The highest BCUT2D eigenvalue weighted by molar-refractivity contribution is 5.83. The molecule has 0 aliphatic carbocycles. The van der Waals surface area contributed by atoms with Crippen LogP contribution in [0.3, 0.4) is 0 Å². The first-order chi connectivity index (χ1) is 11.5. The van der Waals surface area contributed by atoms with Gasteiger partial charge in [0.25, 0.3) is 0 Å². The number of benzene rings is 1. The van der Waals surface area contributed by atoms with Crippen molar-refractivity contribution in [3.63, 3.8) is 0 Å². The van der Waals surface area contributed by atoms with Gasteiger partial charge in [0.05, 0.1) is 11.0 Å². The van der Waals surface area contributed by atoms with Gasteiger partial charge >= 0.3 is 6.36 Å². The van der Waals surface area contributed by atoms with Gasteiger partial charge in [-0.1, -0.05) is 0 Å². The molecule has 3 heterocycles. The van der Waals surface area contributed by atoms with Crippen LogP contribution in [0.5, 0.6) is 5.75 Å². The van der Waals surface area contributed by atoms with E-state index in [0.717, 1.165) is 26.2 Å². The number of anilines is 1. The summed E-state index contributed by atoms with van der Waals surface area (Å²) in [5.74, 6) is 0.266. The van der Waals surface area contributed by atoms with Gasteiger partial charge in [0, 0.05) is 32.2 Å². The van der Waals surface area contributed by atoms with Gasteiger partial charge in [0.2, 0.25) is 5.65 Å². The molecule has 0 radical (unpaired) electrons. The van der Waals surface area contributed by atoms with E-state index in [1.807, 2.05) is 4.90 Å². The molecule has 1 aliphatic rings. The summed E-state index contributed by atoms with van der Waals surface area (Å²) >= 11 is 0. The molecular weight excluding hydrogens is 327 g/mol. The van der Waals surface area contributed by atoms with E-state index in [4.69, 9.17) is 0 Å². The summed E-state index contributed by atoms with van der Waals surface area (Å²) in [5, 5.41) is 14.7. The van der Waals surface area contributed by atoms with Gasteiger partial charge < -0.3 is 15.0 Å². The average molecular weight is 339 g/mol. The number of hydrogen-bond donors (Lipinski definition) is 1. The number of halogens is 3. The predicted octanol–water partition coefficient (Wildman–Crippen LogP) is 0.981. The predicted molar refractivity (Wildman–Crippen MR) is 77.8 cm³/mol. The Balaban J connectivity index is 1.85. The molecule has 24 heavy (non-hydrogen) atoms. The molecule has 0 unspecified atom stereocenters. The summed E-state index contributed by atoms with van der Waals surface area (Å²) in [6.45, 7) is 3.12. The Kier molecular flexibility index (Phi) is 3.37. The van der Waals surface area contributed by atoms with Gasteiger partial charge in [-0.05, 0) is 22.6 Å². The van der Waals surface area contributed by atoms with Crippen LogP contribution in [0.25, 0.3) is 16.7 Å². The van der Waals surface area contributed by atoms with Crippen LogP contribution in [0.15, 0.2) is 18.2 Å². The van der Waals surface area contributed by atoms with Crippen molar-refractivity contribution < 1.29 is 17.9 Å². The second-order valence-electron chi connectivity index (χ2n) is 5.29. The number of rotatable bonds is 2. The molecule has 1 N–H and O–H groups in total. The van der Waals surface area contributed by atoms with Crippen molar-refractivity contribution in [2.45, 2.75) is 6.36 Å². The van der Waals surface area contributed by atoms with E-state index in [0.29, 0.717) is 22.5 Å². The molecule has 8 nitrogen and oxygen atoms in total. The fraction of sp³-hybridized carbons (Fsp3) is 0.385. The Bertz CT molecular complexity index is 888. The standard InChI is InChI=1S/C13H12F3N7O/c14-13(15,16)24-8-1-2-9-10(7-8)23-12(19-20-21-23)11(18-9)22-5-3-17-4-6-22/h1-2,7,17H,3-6H2. The maximum atomic E-state index is 12.4. The number of aromatic nitrogens is 5. The molecule has 0 amide bonds. The Labute approximate surface area is 133 Å². The molecule has 1 aliphatic heterocycles. The van der Waals surface area contributed by atoms with E-state index in [-0.39, 0.29) is 5.75 Å². The lowest BCUT2D eigenvalue weighted by Crippen LogP contribution is -2.44. The van der Waals surface area contributed by atoms with Crippen molar-refractivity contribution in [2.75, 3.05) is 31.1 Å². The molecule has 0 spiro atoms. The number of nitrogens with zero attached hydrogens (tertiary/aromatic N) is 6. The Morgan fingerprint density at radius 2 is 1.96 bits per heavy atom. The van der Waals surface area contributed by atoms with Gasteiger partial charge in [-0.25, -0.2) is 4.98 Å². The number of nitrogens with one attached hydrogen (secondary N) is 1. The minimum atomic E-state index is -4.76. The first kappa shape index (κ1) is 14.9. The second kappa shape index (κ2) is 5.44. The Morgan fingerprint density at radius 3 is 2.71 bits per heavy atom. The van der Waals surface area contributed by atoms with E-state index in [2.05, 4.69) is 30.6 Å². The van der Waals surface area contributed by atoms with Crippen LogP contribution in [0.4, 0.5) is 19.0 Å². The number of ether oxygens (including phenoxy) is 1. The van der Waals surface area contributed by atoms with E-state index in [1.165, 1.54) is 22.7 Å². The molecule has 1 fully saturated rings. The molecule has 0 bridgehead atoms. The van der Waals surface area contributed by atoms with Crippen LogP contribution in [0, 0.1) is 0 Å². The summed E-state index contributed by atoms with van der Waals surface area (Å²) in [6.07, 6.45) is -4.76. The van der Waals surface area contributed by atoms with Gasteiger partial charge in [-0.2, -0.15) is 4.52 Å². The third-order valence-electron chi connectivity index (χ3n) is 3.72. The molecule has 1 aromatic carbocycles. The summed E-state index contributed by atoms with van der Waals surface area (Å²) < 4.78 is 42.5. The number of fused-ring (bicyclic) bond motifs is 3. The average Bonchev–Trinajstić information content (AvgIpc) is 3.03. The zero-order valence-electron chi connectivity index (χ0n) is 12.3. The molecule has 1 saturated heterocycles. The molecule has 2 aromatic heterocycles. The lowest BCUT2D eigenvalue weighted by Gasteiger charge is -2.28. The van der Waals surface area contributed by atoms with E-state index < -0.39 is 6.36 Å². The highest BCUT2D eigenvalue weighted by atomic mass is 19.4. The van der Waals surface area contributed by atoms with E-state index in [1.54, 1.807) is 0 Å². The minimum absolute atomic E-state index is 0.343. The summed E-state index contributed by atoms with van der Waals surface area (Å²) in [7, 11) is 0. The zero-order valence-corrected chi connectivity index (χ0v) is 12.3. The van der Waals surface area contributed by atoms with Crippen LogP contribution in [0.1, 0.15) is 0 Å². The zero-order chi connectivity index (χ0) is 16.7. The van der Waals surface area contributed by atoms with Crippen LogP contribution < -0.4 is 15.0 Å². The van der Waals surface area contributed by atoms with Crippen molar-refractivity contribution in [3.8, 4) is 5.75 Å². The van der Waals surface area contributed by atoms with Gasteiger partial charge in [0.1, 0.15) is 5.75 Å². The van der Waals surface area contributed by atoms with Gasteiger partial charge in [0.15, 0.2) is 5.82 Å². The van der Waals surface area contributed by atoms with Crippen molar-refractivity contribution in [1.29, 1.82) is 0 Å². The lowest BCUT2D eigenvalue weighted by atomic mass is 10.2. The van der Waals surface area contributed by atoms with E-state index >= 15 is 0 Å². The third kappa shape index (κ3) is 2.66. The number of hydrogen-bond acceptors (Lipinski definition) is 7. The SMILES string of the molecule is FC(F)(F)Oc1ccc2nc(N3CCNCC3)c3nnnn3c2c1. The topological polar surface area (TPSA) is 80.5 Å². The smallest absolute Gasteiger partial charge is 0.406 e. The van der Waals surface area contributed by atoms with Gasteiger partial charge in [-0.15, -0.1) is 18.3 Å². The summed E-state index contributed by atoms with van der Waals surface area (Å²) in [4.78, 5) is 6.58. The fourth-order valence-electron chi connectivity index (χ4n) is 2.71. The maximum absolute atomic E-state index is 12.4. The first-order valence-corrected chi connectivity index (χ1v) is 7.24. The second-order valence-corrected chi connectivity index (χ2v) is 5.29. The van der Waals surface area contributed by atoms with Crippen LogP contribution in [-0.4, -0.2) is 57.6 Å². The lowest BCUT2D eigenvalue weighted by molar-refractivity contribution is -0.274. The Morgan fingerprint density at radius 1 is 1.17 bits per heavy atom. The highest BCUT2D eigenvalue weighted by Gasteiger charge is 2.31. The summed E-state index contributed by atoms with van der Waals surface area (Å²) in [5.41, 5.74) is 1.22. The number of alkyl halides is 3. The first-order valence-electron chi connectivity index (χ1n) is 7.24. The number of piperazine rings is 1.